The minimum atomic E-state index is -0.234. The minimum Gasteiger partial charge on any atom is -0.387 e. The normalized spacial score (nSPS) is 25.6. The van der Waals surface area contributed by atoms with Gasteiger partial charge in [0.05, 0.1) is 5.41 Å². The fourth-order valence-corrected chi connectivity index (χ4v) is 4.67. The van der Waals surface area contributed by atoms with E-state index in [1.807, 2.05) is 48.5 Å². The van der Waals surface area contributed by atoms with E-state index in [1.54, 1.807) is 0 Å². The van der Waals surface area contributed by atoms with Gasteiger partial charge in [-0.1, -0.05) is 30.9 Å². The SMILES string of the molecule is C=C1/C=C\C=C/CN/C=C\1CN1CCCC2(CCN(c3ccnc(C)n3)CC2)C1=O. The van der Waals surface area contributed by atoms with Gasteiger partial charge in [0.15, 0.2) is 0 Å². The van der Waals surface area contributed by atoms with E-state index in [9.17, 15) is 4.79 Å². The van der Waals surface area contributed by atoms with Crippen molar-refractivity contribution in [1.29, 1.82) is 0 Å². The van der Waals surface area contributed by atoms with E-state index in [2.05, 4.69) is 32.8 Å². The van der Waals surface area contributed by atoms with Gasteiger partial charge in [-0.05, 0) is 49.8 Å². The molecular weight excluding hydrogens is 374 g/mol. The molecule has 6 nitrogen and oxygen atoms in total. The molecule has 2 saturated heterocycles. The van der Waals surface area contributed by atoms with Crippen LogP contribution in [0, 0.1) is 12.3 Å². The summed E-state index contributed by atoms with van der Waals surface area (Å²) in [4.78, 5) is 26.7. The first-order valence-corrected chi connectivity index (χ1v) is 10.9. The number of likely N-dealkylation sites (tertiary alicyclic amines) is 1. The largest absolute Gasteiger partial charge is 0.387 e. The van der Waals surface area contributed by atoms with Crippen LogP contribution in [0.4, 0.5) is 5.82 Å². The van der Waals surface area contributed by atoms with Crippen LogP contribution in [0.3, 0.4) is 0 Å². The van der Waals surface area contributed by atoms with Gasteiger partial charge in [0.25, 0.3) is 0 Å². The lowest BCUT2D eigenvalue weighted by molar-refractivity contribution is -0.147. The molecule has 0 aromatic carbocycles. The number of nitrogens with zero attached hydrogens (tertiary/aromatic N) is 4. The zero-order valence-electron chi connectivity index (χ0n) is 17.8. The molecule has 1 aromatic heterocycles. The molecule has 6 heteroatoms. The predicted octanol–water partition coefficient (Wildman–Crippen LogP) is 3.15. The lowest BCUT2D eigenvalue weighted by Gasteiger charge is -2.46. The molecule has 3 aliphatic rings. The zero-order chi connectivity index (χ0) is 21.0. The van der Waals surface area contributed by atoms with Crippen molar-refractivity contribution < 1.29 is 4.79 Å². The highest BCUT2D eigenvalue weighted by atomic mass is 16.2. The maximum absolute atomic E-state index is 13.6. The van der Waals surface area contributed by atoms with Gasteiger partial charge in [0.2, 0.25) is 5.91 Å². The molecule has 30 heavy (non-hydrogen) atoms. The van der Waals surface area contributed by atoms with E-state index < -0.39 is 0 Å². The van der Waals surface area contributed by atoms with Crippen LogP contribution in [0.15, 0.2) is 60.5 Å². The average Bonchev–Trinajstić information content (AvgIpc) is 2.85. The van der Waals surface area contributed by atoms with Gasteiger partial charge >= 0.3 is 0 Å². The number of amides is 1. The van der Waals surface area contributed by atoms with Crippen LogP contribution in [0.5, 0.6) is 0 Å². The average molecular weight is 406 g/mol. The minimum absolute atomic E-state index is 0.234. The van der Waals surface area contributed by atoms with Crippen molar-refractivity contribution in [3.63, 3.8) is 0 Å². The topological polar surface area (TPSA) is 61.4 Å². The molecule has 0 bridgehead atoms. The van der Waals surface area contributed by atoms with Gasteiger partial charge in [0.1, 0.15) is 11.6 Å². The van der Waals surface area contributed by atoms with Crippen LogP contribution in [-0.2, 0) is 4.79 Å². The highest BCUT2D eigenvalue weighted by Gasteiger charge is 2.45. The highest BCUT2D eigenvalue weighted by Crippen LogP contribution is 2.42. The standard InChI is InChI=1S/C24H31N5O/c1-19-7-4-3-5-12-25-17-21(19)18-29-14-6-9-24(23(29)30)10-15-28(16-11-24)22-8-13-26-20(2)27-22/h3-5,7-8,13,17,25H,1,6,9-12,14-16,18H2,2H3/b5-3-,7-4-,21-17-. The summed E-state index contributed by atoms with van der Waals surface area (Å²) in [5, 5.41) is 3.31. The Morgan fingerprint density at radius 1 is 1.20 bits per heavy atom. The maximum Gasteiger partial charge on any atom is 0.229 e. The molecule has 0 saturated carbocycles. The second-order valence-corrected chi connectivity index (χ2v) is 8.45. The number of aromatic nitrogens is 2. The third-order valence-electron chi connectivity index (χ3n) is 6.46. The summed E-state index contributed by atoms with van der Waals surface area (Å²) < 4.78 is 0. The van der Waals surface area contributed by atoms with Crippen LogP contribution >= 0.6 is 0 Å². The number of carbonyl (C=O) groups excluding carboxylic acids is 1. The summed E-state index contributed by atoms with van der Waals surface area (Å²) in [6.45, 7) is 10.1. The first-order valence-electron chi connectivity index (χ1n) is 10.9. The van der Waals surface area contributed by atoms with Crippen LogP contribution < -0.4 is 10.2 Å². The Balaban J connectivity index is 1.44. The smallest absolute Gasteiger partial charge is 0.229 e. The second-order valence-electron chi connectivity index (χ2n) is 8.45. The quantitative estimate of drug-likeness (QED) is 0.837. The Bertz CT molecular complexity index is 893. The molecule has 0 radical (unpaired) electrons. The van der Waals surface area contributed by atoms with Crippen LogP contribution in [0.2, 0.25) is 0 Å². The van der Waals surface area contributed by atoms with E-state index in [0.717, 1.165) is 74.7 Å². The van der Waals surface area contributed by atoms with Crippen molar-refractivity contribution in [2.45, 2.75) is 32.6 Å². The van der Waals surface area contributed by atoms with Crippen LogP contribution in [-0.4, -0.2) is 53.5 Å². The summed E-state index contributed by atoms with van der Waals surface area (Å²) in [6.07, 6.45) is 15.7. The summed E-state index contributed by atoms with van der Waals surface area (Å²) in [7, 11) is 0. The summed E-state index contributed by atoms with van der Waals surface area (Å²) in [5.74, 6) is 2.06. The van der Waals surface area contributed by atoms with Crippen molar-refractivity contribution in [2.75, 3.05) is 37.6 Å². The Labute approximate surface area is 179 Å². The lowest BCUT2D eigenvalue weighted by Crippen LogP contribution is -2.54. The Kier molecular flexibility index (Phi) is 6.02. The van der Waals surface area contributed by atoms with Crippen molar-refractivity contribution in [3.05, 3.63) is 66.3 Å². The molecule has 0 atom stereocenters. The Hall–Kier alpha value is -2.89. The first-order chi connectivity index (χ1) is 14.6. The lowest BCUT2D eigenvalue weighted by atomic mass is 9.71. The van der Waals surface area contributed by atoms with Crippen molar-refractivity contribution in [2.24, 2.45) is 5.41 Å². The molecule has 1 aromatic rings. The number of hydrogen-bond donors (Lipinski definition) is 1. The second kappa shape index (κ2) is 8.86. The summed E-state index contributed by atoms with van der Waals surface area (Å²) in [5.41, 5.74) is 1.80. The van der Waals surface area contributed by atoms with Gasteiger partial charge in [-0.3, -0.25) is 4.79 Å². The van der Waals surface area contributed by atoms with E-state index in [4.69, 9.17) is 0 Å². The molecule has 4 rings (SSSR count). The van der Waals surface area contributed by atoms with E-state index >= 15 is 0 Å². The van der Waals surface area contributed by atoms with Gasteiger partial charge in [0, 0.05) is 45.1 Å². The molecular formula is C24H31N5O. The maximum atomic E-state index is 13.6. The number of anilines is 1. The fraction of sp³-hybridized carbons (Fsp3) is 0.458. The fourth-order valence-electron chi connectivity index (χ4n) is 4.67. The van der Waals surface area contributed by atoms with Crippen molar-refractivity contribution in [1.82, 2.24) is 20.2 Å². The number of rotatable bonds is 3. The zero-order valence-corrected chi connectivity index (χ0v) is 17.8. The van der Waals surface area contributed by atoms with Gasteiger partial charge in [-0.2, -0.15) is 0 Å². The van der Waals surface area contributed by atoms with E-state index in [-0.39, 0.29) is 5.41 Å². The molecule has 1 spiro atoms. The molecule has 1 N–H and O–H groups in total. The van der Waals surface area contributed by atoms with Gasteiger partial charge < -0.3 is 15.1 Å². The molecule has 2 fully saturated rings. The number of aryl methyl sites for hydroxylation is 1. The van der Waals surface area contributed by atoms with Crippen molar-refractivity contribution in [3.8, 4) is 0 Å². The van der Waals surface area contributed by atoms with E-state index in [0.29, 0.717) is 12.5 Å². The molecule has 1 amide bonds. The summed E-state index contributed by atoms with van der Waals surface area (Å²) in [6, 6.07) is 1.96. The van der Waals surface area contributed by atoms with Crippen LogP contribution in [0.1, 0.15) is 31.5 Å². The predicted molar refractivity (Wildman–Crippen MR) is 120 cm³/mol. The van der Waals surface area contributed by atoms with Gasteiger partial charge in [-0.15, -0.1) is 0 Å². The number of allylic oxidation sites excluding steroid dienone is 3. The number of piperidine rings is 2. The molecule has 4 heterocycles. The molecule has 0 unspecified atom stereocenters. The van der Waals surface area contributed by atoms with Crippen molar-refractivity contribution >= 4 is 11.7 Å². The summed E-state index contributed by atoms with van der Waals surface area (Å²) >= 11 is 0. The number of hydrogen-bond acceptors (Lipinski definition) is 5. The number of carbonyl (C=O) groups is 1. The van der Waals surface area contributed by atoms with Gasteiger partial charge in [-0.25, -0.2) is 9.97 Å². The van der Waals surface area contributed by atoms with E-state index in [1.165, 1.54) is 0 Å². The Morgan fingerprint density at radius 2 is 2.03 bits per heavy atom. The molecule has 3 aliphatic heterocycles. The monoisotopic (exact) mass is 405 g/mol. The third kappa shape index (κ3) is 4.32. The third-order valence-corrected chi connectivity index (χ3v) is 6.46. The number of nitrogens with one attached hydrogen (secondary N) is 1. The van der Waals surface area contributed by atoms with Crippen LogP contribution in [0.25, 0.3) is 0 Å². The molecule has 158 valence electrons. The highest BCUT2D eigenvalue weighted by molar-refractivity contribution is 5.84. The molecule has 0 aliphatic carbocycles. The Morgan fingerprint density at radius 3 is 2.83 bits per heavy atom. The first kappa shape index (κ1) is 20.4.